The maximum atomic E-state index is 12.0. The molecule has 0 aromatic heterocycles. The van der Waals surface area contributed by atoms with E-state index in [2.05, 4.69) is 6.58 Å². The fourth-order valence-electron chi connectivity index (χ4n) is 3.09. The average molecular weight is 364 g/mol. The Bertz CT molecular complexity index is 605. The fourth-order valence-corrected chi connectivity index (χ4v) is 3.09. The van der Waals surface area contributed by atoms with Crippen molar-refractivity contribution in [1.82, 2.24) is 0 Å². The molecule has 1 aromatic carbocycles. The van der Waals surface area contributed by atoms with Crippen molar-refractivity contribution >= 4 is 5.97 Å². The van der Waals surface area contributed by atoms with Gasteiger partial charge in [-0.25, -0.2) is 0 Å². The average Bonchev–Trinajstić information content (AvgIpc) is 2.68. The molecule has 142 valence electrons. The summed E-state index contributed by atoms with van der Waals surface area (Å²) in [5, 5.41) is 10.8. The summed E-state index contributed by atoms with van der Waals surface area (Å²) in [4.78, 5) is 12.0. The molecule has 2 aliphatic heterocycles. The highest BCUT2D eigenvalue weighted by molar-refractivity contribution is 5.69. The summed E-state index contributed by atoms with van der Waals surface area (Å²) in [6.07, 6.45) is -2.50. The number of hydrogen-bond donors (Lipinski definition) is 1. The molecule has 1 N–H and O–H groups in total. The van der Waals surface area contributed by atoms with Crippen molar-refractivity contribution in [1.29, 1.82) is 0 Å². The molecule has 2 fully saturated rings. The van der Waals surface area contributed by atoms with Crippen molar-refractivity contribution in [3.8, 4) is 0 Å². The van der Waals surface area contributed by atoms with Gasteiger partial charge in [-0.05, 0) is 6.42 Å². The van der Waals surface area contributed by atoms with Crippen molar-refractivity contribution in [3.05, 3.63) is 48.6 Å². The first-order chi connectivity index (χ1) is 12.6. The predicted octanol–water partition coefficient (Wildman–Crippen LogP) is 1.71. The lowest BCUT2D eigenvalue weighted by atomic mass is 9.97. The zero-order valence-electron chi connectivity index (χ0n) is 14.7. The second kappa shape index (κ2) is 8.75. The molecule has 3 rings (SSSR count). The van der Waals surface area contributed by atoms with Gasteiger partial charge in [-0.3, -0.25) is 4.79 Å². The quantitative estimate of drug-likeness (QED) is 0.608. The van der Waals surface area contributed by atoms with Gasteiger partial charge in [-0.1, -0.05) is 36.4 Å². The van der Waals surface area contributed by atoms with Gasteiger partial charge in [0.1, 0.15) is 18.3 Å². The molecule has 0 radical (unpaired) electrons. The second-order valence-corrected chi connectivity index (χ2v) is 6.23. The maximum absolute atomic E-state index is 12.0. The van der Waals surface area contributed by atoms with E-state index in [0.29, 0.717) is 6.42 Å². The summed E-state index contributed by atoms with van der Waals surface area (Å²) in [6, 6.07) is 9.42. The standard InChI is InChI=1S/C19H24O7/c1-3-4-10-14(20)25-17-15(21)16-13(24-19(17)22-2)11-23-18(26-16)12-8-6-5-7-9-12/h3,5-9,13,15-19,21H,1,4,10-11H2,2H3/t13-,15+,16-,17-,18?,19+/m1/s1. The van der Waals surface area contributed by atoms with Crippen LogP contribution in [0.2, 0.25) is 0 Å². The van der Waals surface area contributed by atoms with Crippen LogP contribution < -0.4 is 0 Å². The summed E-state index contributed by atoms with van der Waals surface area (Å²) >= 11 is 0. The lowest BCUT2D eigenvalue weighted by Gasteiger charge is -2.46. The van der Waals surface area contributed by atoms with Crippen LogP contribution in [0.15, 0.2) is 43.0 Å². The van der Waals surface area contributed by atoms with Crippen molar-refractivity contribution in [2.75, 3.05) is 13.7 Å². The van der Waals surface area contributed by atoms with Crippen LogP contribution in [0, 0.1) is 0 Å². The molecular weight excluding hydrogens is 340 g/mol. The normalized spacial score (nSPS) is 33.9. The third kappa shape index (κ3) is 4.13. The zero-order valence-corrected chi connectivity index (χ0v) is 14.7. The molecule has 7 heteroatoms. The Balaban J connectivity index is 1.70. The molecule has 0 aliphatic carbocycles. The largest absolute Gasteiger partial charge is 0.454 e. The number of aliphatic hydroxyl groups excluding tert-OH is 1. The molecule has 0 amide bonds. The second-order valence-electron chi connectivity index (χ2n) is 6.23. The Morgan fingerprint density at radius 3 is 2.81 bits per heavy atom. The number of esters is 1. The van der Waals surface area contributed by atoms with Crippen LogP contribution >= 0.6 is 0 Å². The van der Waals surface area contributed by atoms with E-state index in [1.165, 1.54) is 7.11 Å². The minimum Gasteiger partial charge on any atom is -0.454 e. The summed E-state index contributed by atoms with van der Waals surface area (Å²) in [5.74, 6) is -0.454. The minimum absolute atomic E-state index is 0.174. The number of aliphatic hydroxyl groups is 1. The molecule has 2 heterocycles. The highest BCUT2D eigenvalue weighted by Gasteiger charge is 2.51. The summed E-state index contributed by atoms with van der Waals surface area (Å²) in [6.45, 7) is 3.81. The van der Waals surface area contributed by atoms with Crippen LogP contribution in [0.5, 0.6) is 0 Å². The van der Waals surface area contributed by atoms with Gasteiger partial charge < -0.3 is 28.8 Å². The summed E-state index contributed by atoms with van der Waals surface area (Å²) in [7, 11) is 1.43. The van der Waals surface area contributed by atoms with E-state index < -0.39 is 43.0 Å². The first-order valence-electron chi connectivity index (χ1n) is 8.62. The van der Waals surface area contributed by atoms with Gasteiger partial charge >= 0.3 is 5.97 Å². The van der Waals surface area contributed by atoms with E-state index in [-0.39, 0.29) is 13.0 Å². The van der Waals surface area contributed by atoms with Crippen molar-refractivity contribution in [3.63, 3.8) is 0 Å². The number of fused-ring (bicyclic) bond motifs is 1. The third-order valence-corrected chi connectivity index (χ3v) is 4.43. The molecule has 2 saturated heterocycles. The van der Waals surface area contributed by atoms with Crippen LogP contribution in [-0.4, -0.2) is 55.5 Å². The molecule has 1 aromatic rings. The Morgan fingerprint density at radius 1 is 1.35 bits per heavy atom. The fraction of sp³-hybridized carbons (Fsp3) is 0.526. The highest BCUT2D eigenvalue weighted by atomic mass is 16.8. The number of benzene rings is 1. The van der Waals surface area contributed by atoms with Gasteiger partial charge in [0.25, 0.3) is 0 Å². The number of hydrogen-bond acceptors (Lipinski definition) is 7. The molecule has 1 unspecified atom stereocenters. The summed E-state index contributed by atoms with van der Waals surface area (Å²) < 4.78 is 28.0. The van der Waals surface area contributed by atoms with Crippen LogP contribution in [0.1, 0.15) is 24.7 Å². The van der Waals surface area contributed by atoms with Crippen LogP contribution in [0.4, 0.5) is 0 Å². The summed E-state index contributed by atoms with van der Waals surface area (Å²) in [5.41, 5.74) is 0.839. The number of rotatable bonds is 6. The SMILES string of the molecule is C=CCCC(=O)O[C@H]1[C@@H](OC)O[C@@H]2COC(c3ccccc3)O[C@H]2[C@@H]1O. The van der Waals surface area contributed by atoms with Crippen molar-refractivity contribution < 1.29 is 33.6 Å². The van der Waals surface area contributed by atoms with E-state index in [9.17, 15) is 9.90 Å². The molecule has 2 aliphatic rings. The van der Waals surface area contributed by atoms with Crippen molar-refractivity contribution in [2.45, 2.75) is 49.8 Å². The van der Waals surface area contributed by atoms with E-state index >= 15 is 0 Å². The number of methoxy groups -OCH3 is 1. The molecular formula is C19H24O7. The van der Waals surface area contributed by atoms with Crippen LogP contribution in [0.3, 0.4) is 0 Å². The van der Waals surface area contributed by atoms with Crippen LogP contribution in [0.25, 0.3) is 0 Å². The van der Waals surface area contributed by atoms with E-state index in [0.717, 1.165) is 5.56 Å². The van der Waals surface area contributed by atoms with Gasteiger partial charge in [0.15, 0.2) is 18.7 Å². The first-order valence-corrected chi connectivity index (χ1v) is 8.62. The maximum Gasteiger partial charge on any atom is 0.306 e. The van der Waals surface area contributed by atoms with Crippen LogP contribution in [-0.2, 0) is 28.5 Å². The number of carbonyl (C=O) groups is 1. The number of carbonyl (C=O) groups excluding carboxylic acids is 1. The predicted molar refractivity (Wildman–Crippen MR) is 91.0 cm³/mol. The topological polar surface area (TPSA) is 83.5 Å². The van der Waals surface area contributed by atoms with E-state index in [4.69, 9.17) is 23.7 Å². The van der Waals surface area contributed by atoms with Gasteiger partial charge in [-0.2, -0.15) is 0 Å². The highest BCUT2D eigenvalue weighted by Crippen LogP contribution is 2.35. The Kier molecular flexibility index (Phi) is 6.39. The smallest absolute Gasteiger partial charge is 0.306 e. The molecule has 0 saturated carbocycles. The monoisotopic (exact) mass is 364 g/mol. The lowest BCUT2D eigenvalue weighted by molar-refractivity contribution is -0.358. The first kappa shape index (κ1) is 19.0. The van der Waals surface area contributed by atoms with Gasteiger partial charge in [-0.15, -0.1) is 6.58 Å². The molecule has 7 nitrogen and oxygen atoms in total. The third-order valence-electron chi connectivity index (χ3n) is 4.43. The Morgan fingerprint density at radius 2 is 2.12 bits per heavy atom. The lowest BCUT2D eigenvalue weighted by Crippen LogP contribution is -2.63. The van der Waals surface area contributed by atoms with Crippen molar-refractivity contribution in [2.24, 2.45) is 0 Å². The van der Waals surface area contributed by atoms with Gasteiger partial charge in [0, 0.05) is 19.1 Å². The number of ether oxygens (including phenoxy) is 5. The molecule has 0 bridgehead atoms. The molecule has 26 heavy (non-hydrogen) atoms. The van der Waals surface area contributed by atoms with Gasteiger partial charge in [0.2, 0.25) is 0 Å². The molecule has 0 spiro atoms. The zero-order chi connectivity index (χ0) is 18.5. The van der Waals surface area contributed by atoms with E-state index in [1.54, 1.807) is 6.08 Å². The Labute approximate surface area is 152 Å². The Hall–Kier alpha value is -1.77. The number of allylic oxidation sites excluding steroid dienone is 1. The van der Waals surface area contributed by atoms with E-state index in [1.807, 2.05) is 30.3 Å². The molecule has 6 atom stereocenters. The minimum atomic E-state index is -1.10. The van der Waals surface area contributed by atoms with Gasteiger partial charge in [0.05, 0.1) is 6.61 Å².